The Morgan fingerprint density at radius 1 is 1.32 bits per heavy atom. The van der Waals surface area contributed by atoms with Gasteiger partial charge in [0.25, 0.3) is 0 Å². The van der Waals surface area contributed by atoms with Crippen LogP contribution in [0.15, 0.2) is 24.3 Å². The van der Waals surface area contributed by atoms with Gasteiger partial charge in [-0.1, -0.05) is 18.2 Å². The number of aromatic hydroxyl groups is 1. The lowest BCUT2D eigenvalue weighted by atomic mass is 10.1. The lowest BCUT2D eigenvalue weighted by molar-refractivity contribution is 0.182. The third-order valence-electron chi connectivity index (χ3n) is 4.03. The summed E-state index contributed by atoms with van der Waals surface area (Å²) >= 11 is 0. The van der Waals surface area contributed by atoms with Crippen molar-refractivity contribution in [1.29, 1.82) is 0 Å². The maximum absolute atomic E-state index is 9.90. The van der Waals surface area contributed by atoms with Crippen molar-refractivity contribution in [2.24, 2.45) is 0 Å². The summed E-state index contributed by atoms with van der Waals surface area (Å²) in [6.45, 7) is 8.73. The number of phenols is 1. The van der Waals surface area contributed by atoms with Crippen molar-refractivity contribution in [3.05, 3.63) is 29.8 Å². The highest BCUT2D eigenvalue weighted by Gasteiger charge is 2.16. The first-order valence-electron chi connectivity index (χ1n) is 7.09. The van der Waals surface area contributed by atoms with E-state index in [1.807, 2.05) is 18.2 Å². The van der Waals surface area contributed by atoms with Crippen molar-refractivity contribution in [2.45, 2.75) is 13.0 Å². The summed E-state index contributed by atoms with van der Waals surface area (Å²) in [6, 6.07) is 7.85. The van der Waals surface area contributed by atoms with Gasteiger partial charge in [-0.2, -0.15) is 0 Å². The van der Waals surface area contributed by atoms with Gasteiger partial charge in [0.2, 0.25) is 0 Å². The topological polar surface area (TPSA) is 38.7 Å². The molecule has 1 aromatic rings. The van der Waals surface area contributed by atoms with Crippen LogP contribution in [-0.2, 0) is 0 Å². The van der Waals surface area contributed by atoms with Crippen LogP contribution >= 0.6 is 0 Å². The van der Waals surface area contributed by atoms with Gasteiger partial charge in [-0.15, -0.1) is 0 Å². The highest BCUT2D eigenvalue weighted by atomic mass is 16.3. The van der Waals surface area contributed by atoms with Gasteiger partial charge in [-0.3, -0.25) is 9.80 Å². The molecule has 0 bridgehead atoms. The summed E-state index contributed by atoms with van der Waals surface area (Å²) < 4.78 is 0. The number of hydrogen-bond donors (Lipinski definition) is 2. The number of nitrogens with one attached hydrogen (secondary N) is 1. The van der Waals surface area contributed by atoms with Gasteiger partial charge in [0.1, 0.15) is 5.75 Å². The van der Waals surface area contributed by atoms with Crippen LogP contribution in [0.2, 0.25) is 0 Å². The van der Waals surface area contributed by atoms with E-state index in [1.54, 1.807) is 6.07 Å². The number of piperazine rings is 1. The fourth-order valence-electron chi connectivity index (χ4n) is 2.51. The van der Waals surface area contributed by atoms with Crippen LogP contribution in [0.5, 0.6) is 5.75 Å². The molecule has 19 heavy (non-hydrogen) atoms. The molecule has 4 heteroatoms. The lowest BCUT2D eigenvalue weighted by Gasteiger charge is -2.31. The Hall–Kier alpha value is -1.10. The smallest absolute Gasteiger partial charge is 0.120 e. The van der Waals surface area contributed by atoms with Gasteiger partial charge in [-0.05, 0) is 20.0 Å². The molecule has 1 aliphatic heterocycles. The summed E-state index contributed by atoms with van der Waals surface area (Å²) in [4.78, 5) is 4.79. The fraction of sp³-hybridized carbons (Fsp3) is 0.600. The minimum absolute atomic E-state index is 0.240. The van der Waals surface area contributed by atoms with Crippen LogP contribution in [0.25, 0.3) is 0 Å². The van der Waals surface area contributed by atoms with Crippen LogP contribution < -0.4 is 5.32 Å². The van der Waals surface area contributed by atoms with Crippen LogP contribution in [-0.4, -0.2) is 61.2 Å². The Bertz CT molecular complexity index is 391. The highest BCUT2D eigenvalue weighted by Crippen LogP contribution is 2.26. The Balaban J connectivity index is 1.85. The fourth-order valence-corrected chi connectivity index (χ4v) is 2.51. The second-order valence-electron chi connectivity index (χ2n) is 5.31. The molecule has 0 spiro atoms. The molecular formula is C15H25N3O. The number of para-hydroxylation sites is 1. The molecule has 1 aromatic carbocycles. The number of phenolic OH excluding ortho intramolecular Hbond substituents is 1. The average molecular weight is 263 g/mol. The Morgan fingerprint density at radius 3 is 2.68 bits per heavy atom. The molecule has 0 amide bonds. The number of benzene rings is 1. The van der Waals surface area contributed by atoms with Crippen LogP contribution in [0.1, 0.15) is 18.5 Å². The van der Waals surface area contributed by atoms with E-state index in [4.69, 9.17) is 0 Å². The van der Waals surface area contributed by atoms with Gasteiger partial charge < -0.3 is 10.4 Å². The monoisotopic (exact) mass is 263 g/mol. The van der Waals surface area contributed by atoms with Gasteiger partial charge in [0, 0.05) is 50.9 Å². The van der Waals surface area contributed by atoms with Crippen LogP contribution in [0.3, 0.4) is 0 Å². The predicted molar refractivity (Wildman–Crippen MR) is 78.5 cm³/mol. The second-order valence-corrected chi connectivity index (χ2v) is 5.31. The van der Waals surface area contributed by atoms with Gasteiger partial charge in [0.15, 0.2) is 0 Å². The number of likely N-dealkylation sites (N-methyl/N-ethyl adjacent to an activating group) is 1. The lowest BCUT2D eigenvalue weighted by Crippen LogP contribution is -2.46. The van der Waals surface area contributed by atoms with Crippen molar-refractivity contribution in [1.82, 2.24) is 15.1 Å². The van der Waals surface area contributed by atoms with E-state index in [0.29, 0.717) is 5.75 Å². The van der Waals surface area contributed by atoms with Crippen LogP contribution in [0, 0.1) is 0 Å². The number of nitrogens with zero attached hydrogens (tertiary/aromatic N) is 2. The zero-order valence-corrected chi connectivity index (χ0v) is 12.0. The van der Waals surface area contributed by atoms with E-state index >= 15 is 0 Å². The summed E-state index contributed by atoms with van der Waals surface area (Å²) in [5, 5.41) is 13.3. The molecule has 2 N–H and O–H groups in total. The first-order chi connectivity index (χ1) is 9.18. The quantitative estimate of drug-likeness (QED) is 0.840. The maximum atomic E-state index is 9.90. The van der Waals surface area contributed by atoms with E-state index in [0.717, 1.165) is 44.8 Å². The standard InChI is InChI=1S/C15H25N3O/c1-13(14-5-3-4-6-15(14)19)17(2)11-12-18-9-7-16-8-10-18/h3-6,13,16,19H,7-12H2,1-2H3. The molecule has 1 aliphatic rings. The Morgan fingerprint density at radius 2 is 2.00 bits per heavy atom. The minimum atomic E-state index is 0.240. The van der Waals surface area contributed by atoms with Crippen molar-refractivity contribution in [3.63, 3.8) is 0 Å². The molecule has 0 aromatic heterocycles. The summed E-state index contributed by atoms with van der Waals surface area (Å²) in [5.41, 5.74) is 1.00. The largest absolute Gasteiger partial charge is 0.508 e. The van der Waals surface area contributed by atoms with Crippen molar-refractivity contribution in [3.8, 4) is 5.75 Å². The van der Waals surface area contributed by atoms with Crippen LogP contribution in [0.4, 0.5) is 0 Å². The van der Waals surface area contributed by atoms with E-state index in [1.165, 1.54) is 0 Å². The molecule has 1 heterocycles. The van der Waals surface area contributed by atoms with Crippen molar-refractivity contribution >= 4 is 0 Å². The molecule has 4 nitrogen and oxygen atoms in total. The van der Waals surface area contributed by atoms with E-state index < -0.39 is 0 Å². The predicted octanol–water partition coefficient (Wildman–Crippen LogP) is 1.29. The number of rotatable bonds is 5. The maximum Gasteiger partial charge on any atom is 0.120 e. The first kappa shape index (κ1) is 14.3. The van der Waals surface area contributed by atoms with E-state index in [9.17, 15) is 5.11 Å². The molecule has 1 atom stereocenters. The molecule has 1 saturated heterocycles. The molecule has 0 aliphatic carbocycles. The minimum Gasteiger partial charge on any atom is -0.508 e. The highest BCUT2D eigenvalue weighted by molar-refractivity contribution is 5.34. The summed E-state index contributed by atoms with van der Waals surface area (Å²) in [7, 11) is 2.12. The third kappa shape index (κ3) is 3.93. The molecule has 106 valence electrons. The summed E-state index contributed by atoms with van der Waals surface area (Å²) in [6.07, 6.45) is 0. The third-order valence-corrected chi connectivity index (χ3v) is 4.03. The van der Waals surface area contributed by atoms with Gasteiger partial charge >= 0.3 is 0 Å². The second kappa shape index (κ2) is 6.89. The Labute approximate surface area is 116 Å². The van der Waals surface area contributed by atoms with E-state index in [2.05, 4.69) is 29.1 Å². The van der Waals surface area contributed by atoms with Gasteiger partial charge in [0.05, 0.1) is 0 Å². The zero-order chi connectivity index (χ0) is 13.7. The molecule has 0 radical (unpaired) electrons. The molecular weight excluding hydrogens is 238 g/mol. The first-order valence-corrected chi connectivity index (χ1v) is 7.09. The number of hydrogen-bond acceptors (Lipinski definition) is 4. The van der Waals surface area contributed by atoms with E-state index in [-0.39, 0.29) is 6.04 Å². The van der Waals surface area contributed by atoms with Crippen molar-refractivity contribution in [2.75, 3.05) is 46.3 Å². The summed E-state index contributed by atoms with van der Waals surface area (Å²) in [5.74, 6) is 0.393. The average Bonchev–Trinajstić information content (AvgIpc) is 2.45. The molecule has 1 unspecified atom stereocenters. The van der Waals surface area contributed by atoms with Crippen molar-refractivity contribution < 1.29 is 5.11 Å². The molecule has 0 saturated carbocycles. The Kier molecular flexibility index (Phi) is 5.19. The normalized spacial score (nSPS) is 18.7. The molecule has 1 fully saturated rings. The molecule has 2 rings (SSSR count). The SMILES string of the molecule is CC(c1ccccc1O)N(C)CCN1CCNCC1. The van der Waals surface area contributed by atoms with Gasteiger partial charge in [-0.25, -0.2) is 0 Å². The zero-order valence-electron chi connectivity index (χ0n) is 12.0.